The Labute approximate surface area is 154 Å². The number of amides is 1. The zero-order valence-corrected chi connectivity index (χ0v) is 14.9. The lowest BCUT2D eigenvalue weighted by molar-refractivity contribution is -0.132. The number of hydrogen-bond acceptors (Lipinski definition) is 3. The van der Waals surface area contributed by atoms with Crippen LogP contribution in [0, 0.1) is 0 Å². The smallest absolute Gasteiger partial charge is 0.237 e. The first-order valence-corrected chi connectivity index (χ1v) is 9.25. The Morgan fingerprint density at radius 1 is 1.00 bits per heavy atom. The van der Waals surface area contributed by atoms with Gasteiger partial charge < -0.3 is 9.64 Å². The second-order valence-electron chi connectivity index (χ2n) is 6.85. The molecule has 0 aromatic heterocycles. The van der Waals surface area contributed by atoms with E-state index in [2.05, 4.69) is 41.3 Å². The molecule has 4 heteroatoms. The van der Waals surface area contributed by atoms with Gasteiger partial charge in [0.2, 0.25) is 5.91 Å². The van der Waals surface area contributed by atoms with Gasteiger partial charge in [-0.1, -0.05) is 54.6 Å². The lowest BCUT2D eigenvalue weighted by Gasteiger charge is -2.29. The summed E-state index contributed by atoms with van der Waals surface area (Å²) in [6.45, 7) is 4.11. The van der Waals surface area contributed by atoms with Crippen molar-refractivity contribution in [3.8, 4) is 5.75 Å². The molecule has 0 unspecified atom stereocenters. The molecule has 26 heavy (non-hydrogen) atoms. The van der Waals surface area contributed by atoms with Crippen molar-refractivity contribution in [3.63, 3.8) is 0 Å². The first-order chi connectivity index (χ1) is 12.8. The summed E-state index contributed by atoms with van der Waals surface area (Å²) in [5.74, 6) is 1.14. The van der Waals surface area contributed by atoms with Gasteiger partial charge >= 0.3 is 0 Å². The standard InChI is InChI=1S/C22H24N2O2/c25-22(17-23-14-15-26-21-9-5-4-8-20(21)16-23)24-12-10-19(11-13-24)18-6-2-1-3-7-18/h1-10H,11-17H2. The van der Waals surface area contributed by atoms with Crippen LogP contribution in [-0.4, -0.2) is 48.5 Å². The second-order valence-corrected chi connectivity index (χ2v) is 6.85. The van der Waals surface area contributed by atoms with Gasteiger partial charge in [-0.05, 0) is 23.6 Å². The lowest BCUT2D eigenvalue weighted by atomic mass is 9.99. The van der Waals surface area contributed by atoms with Crippen molar-refractivity contribution in [1.29, 1.82) is 0 Å². The largest absolute Gasteiger partial charge is 0.492 e. The molecule has 0 spiro atoms. The van der Waals surface area contributed by atoms with E-state index in [1.165, 1.54) is 11.1 Å². The molecule has 2 aromatic carbocycles. The average Bonchev–Trinajstić information content (AvgIpc) is 2.90. The van der Waals surface area contributed by atoms with Crippen LogP contribution in [0.5, 0.6) is 5.75 Å². The number of benzene rings is 2. The minimum Gasteiger partial charge on any atom is -0.492 e. The van der Waals surface area contributed by atoms with Gasteiger partial charge in [-0.3, -0.25) is 9.69 Å². The molecule has 134 valence electrons. The molecular weight excluding hydrogens is 324 g/mol. The van der Waals surface area contributed by atoms with Gasteiger partial charge in [0.15, 0.2) is 0 Å². The first kappa shape index (κ1) is 16.9. The van der Waals surface area contributed by atoms with Crippen LogP contribution < -0.4 is 4.74 Å². The van der Waals surface area contributed by atoms with Gasteiger partial charge in [0, 0.05) is 31.7 Å². The number of fused-ring (bicyclic) bond motifs is 1. The maximum absolute atomic E-state index is 12.7. The predicted molar refractivity (Wildman–Crippen MR) is 103 cm³/mol. The van der Waals surface area contributed by atoms with Crippen LogP contribution in [0.3, 0.4) is 0 Å². The van der Waals surface area contributed by atoms with Crippen molar-refractivity contribution in [2.24, 2.45) is 0 Å². The minimum absolute atomic E-state index is 0.202. The zero-order valence-electron chi connectivity index (χ0n) is 14.9. The monoisotopic (exact) mass is 348 g/mol. The van der Waals surface area contributed by atoms with Crippen molar-refractivity contribution in [3.05, 3.63) is 71.8 Å². The fraction of sp³-hybridized carbons (Fsp3) is 0.318. The van der Waals surface area contributed by atoms with Gasteiger partial charge in [-0.25, -0.2) is 0 Å². The van der Waals surface area contributed by atoms with Crippen LogP contribution >= 0.6 is 0 Å². The molecule has 0 radical (unpaired) electrons. The van der Waals surface area contributed by atoms with E-state index in [1.54, 1.807) is 0 Å². The van der Waals surface area contributed by atoms with E-state index in [9.17, 15) is 4.79 Å². The van der Waals surface area contributed by atoms with Crippen LogP contribution in [-0.2, 0) is 11.3 Å². The molecule has 0 saturated heterocycles. The number of ether oxygens (including phenoxy) is 1. The molecule has 2 aliphatic heterocycles. The van der Waals surface area contributed by atoms with Crippen molar-refractivity contribution < 1.29 is 9.53 Å². The third-order valence-corrected chi connectivity index (χ3v) is 5.10. The maximum Gasteiger partial charge on any atom is 0.237 e. The first-order valence-electron chi connectivity index (χ1n) is 9.25. The fourth-order valence-electron chi connectivity index (χ4n) is 3.62. The van der Waals surface area contributed by atoms with Crippen molar-refractivity contribution in [1.82, 2.24) is 9.80 Å². The quantitative estimate of drug-likeness (QED) is 0.854. The molecule has 0 N–H and O–H groups in total. The molecule has 0 saturated carbocycles. The van der Waals surface area contributed by atoms with Gasteiger partial charge in [0.1, 0.15) is 12.4 Å². The Morgan fingerprint density at radius 3 is 2.62 bits per heavy atom. The zero-order chi connectivity index (χ0) is 17.8. The number of rotatable bonds is 3. The highest BCUT2D eigenvalue weighted by Crippen LogP contribution is 2.24. The third-order valence-electron chi connectivity index (χ3n) is 5.10. The van der Waals surface area contributed by atoms with Gasteiger partial charge in [-0.15, -0.1) is 0 Å². The Morgan fingerprint density at radius 2 is 1.81 bits per heavy atom. The third kappa shape index (κ3) is 3.81. The molecule has 0 fully saturated rings. The molecule has 2 heterocycles. The molecule has 4 rings (SSSR count). The second kappa shape index (κ2) is 7.75. The average molecular weight is 348 g/mol. The van der Waals surface area contributed by atoms with Crippen LogP contribution in [0.1, 0.15) is 17.5 Å². The molecule has 2 aliphatic rings. The molecule has 0 atom stereocenters. The van der Waals surface area contributed by atoms with Gasteiger partial charge in [-0.2, -0.15) is 0 Å². The van der Waals surface area contributed by atoms with E-state index in [0.29, 0.717) is 19.7 Å². The molecular formula is C22H24N2O2. The summed E-state index contributed by atoms with van der Waals surface area (Å²) in [6, 6.07) is 18.5. The van der Waals surface area contributed by atoms with Crippen molar-refractivity contribution >= 4 is 11.5 Å². The molecule has 0 bridgehead atoms. The number of nitrogens with zero attached hydrogens (tertiary/aromatic N) is 2. The molecule has 4 nitrogen and oxygen atoms in total. The topological polar surface area (TPSA) is 32.8 Å². The van der Waals surface area contributed by atoms with E-state index in [4.69, 9.17) is 4.74 Å². The Balaban J connectivity index is 1.36. The van der Waals surface area contributed by atoms with Gasteiger partial charge in [0.25, 0.3) is 0 Å². The van der Waals surface area contributed by atoms with E-state index >= 15 is 0 Å². The number of carbonyl (C=O) groups is 1. The molecule has 0 aliphatic carbocycles. The highest BCUT2D eigenvalue weighted by atomic mass is 16.5. The van der Waals surface area contributed by atoms with Crippen molar-refractivity contribution in [2.45, 2.75) is 13.0 Å². The van der Waals surface area contributed by atoms with Crippen LogP contribution in [0.25, 0.3) is 5.57 Å². The predicted octanol–water partition coefficient (Wildman–Crippen LogP) is 3.20. The minimum atomic E-state index is 0.202. The van der Waals surface area contributed by atoms with Gasteiger partial charge in [0.05, 0.1) is 6.54 Å². The van der Waals surface area contributed by atoms with E-state index in [-0.39, 0.29) is 5.91 Å². The van der Waals surface area contributed by atoms with Crippen LogP contribution in [0.4, 0.5) is 0 Å². The molecule has 1 amide bonds. The Bertz CT molecular complexity index is 801. The summed E-state index contributed by atoms with van der Waals surface area (Å²) >= 11 is 0. The van der Waals surface area contributed by atoms with E-state index in [0.717, 1.165) is 37.4 Å². The number of para-hydroxylation sites is 1. The van der Waals surface area contributed by atoms with Crippen LogP contribution in [0.2, 0.25) is 0 Å². The summed E-state index contributed by atoms with van der Waals surface area (Å²) in [4.78, 5) is 16.9. The fourth-order valence-corrected chi connectivity index (χ4v) is 3.62. The number of carbonyl (C=O) groups excluding carboxylic acids is 1. The summed E-state index contributed by atoms with van der Waals surface area (Å²) in [7, 11) is 0. The summed E-state index contributed by atoms with van der Waals surface area (Å²) in [6.07, 6.45) is 3.11. The van der Waals surface area contributed by atoms with E-state index < -0.39 is 0 Å². The maximum atomic E-state index is 12.7. The SMILES string of the molecule is O=C(CN1CCOc2ccccc2C1)N1CC=C(c2ccccc2)CC1. The highest BCUT2D eigenvalue weighted by Gasteiger charge is 2.22. The molecule has 2 aromatic rings. The summed E-state index contributed by atoms with van der Waals surface area (Å²) in [5, 5.41) is 0. The summed E-state index contributed by atoms with van der Waals surface area (Å²) in [5.41, 5.74) is 3.76. The normalized spacial score (nSPS) is 17.7. The lowest BCUT2D eigenvalue weighted by Crippen LogP contribution is -2.42. The highest BCUT2D eigenvalue weighted by molar-refractivity contribution is 5.80. The Hall–Kier alpha value is -2.59. The Kier molecular flexibility index (Phi) is 5.02. The van der Waals surface area contributed by atoms with Crippen LogP contribution in [0.15, 0.2) is 60.7 Å². The van der Waals surface area contributed by atoms with E-state index in [1.807, 2.05) is 29.2 Å². The van der Waals surface area contributed by atoms with Crippen molar-refractivity contribution in [2.75, 3.05) is 32.8 Å². The summed E-state index contributed by atoms with van der Waals surface area (Å²) < 4.78 is 5.79. The number of hydrogen-bond donors (Lipinski definition) is 0.